The van der Waals surface area contributed by atoms with Crippen LogP contribution in [0.25, 0.3) is 11.3 Å². The van der Waals surface area contributed by atoms with Gasteiger partial charge in [-0.3, -0.25) is 0 Å². The Morgan fingerprint density at radius 1 is 1.19 bits per heavy atom. The Balaban J connectivity index is 1.63. The lowest BCUT2D eigenvalue weighted by Gasteiger charge is -2.24. The van der Waals surface area contributed by atoms with Crippen molar-refractivity contribution in [2.24, 2.45) is 0 Å². The Labute approximate surface area is 148 Å². The van der Waals surface area contributed by atoms with Gasteiger partial charge in [-0.05, 0) is 56.1 Å². The van der Waals surface area contributed by atoms with Crippen LogP contribution in [0.3, 0.4) is 0 Å². The summed E-state index contributed by atoms with van der Waals surface area (Å²) in [6.07, 6.45) is -2.38. The van der Waals surface area contributed by atoms with Crippen molar-refractivity contribution >= 4 is 5.82 Å². The quantitative estimate of drug-likeness (QED) is 0.857. The summed E-state index contributed by atoms with van der Waals surface area (Å²) in [5.41, 5.74) is 0.0647. The number of benzene rings is 1. The van der Waals surface area contributed by atoms with Gasteiger partial charge in [-0.25, -0.2) is 0 Å². The summed E-state index contributed by atoms with van der Waals surface area (Å²) in [7, 11) is 0. The first-order chi connectivity index (χ1) is 12.3. The van der Waals surface area contributed by atoms with Crippen molar-refractivity contribution < 1.29 is 18.3 Å². The van der Waals surface area contributed by atoms with Crippen molar-refractivity contribution in [2.45, 2.75) is 38.0 Å². The highest BCUT2D eigenvalue weighted by atomic mass is 19.4. The van der Waals surface area contributed by atoms with E-state index in [0.29, 0.717) is 23.3 Å². The smallest absolute Gasteiger partial charge is 0.416 e. The van der Waals surface area contributed by atoms with Crippen LogP contribution < -0.4 is 10.2 Å². The average molecular weight is 364 g/mol. The predicted octanol–water partition coefficient (Wildman–Crippen LogP) is 3.12. The van der Waals surface area contributed by atoms with Gasteiger partial charge in [0, 0.05) is 24.2 Å². The molecule has 2 aromatic rings. The molecule has 0 amide bonds. The maximum Gasteiger partial charge on any atom is 0.416 e. The molecule has 138 valence electrons. The van der Waals surface area contributed by atoms with Crippen LogP contribution in [0.2, 0.25) is 0 Å². The Hall–Kier alpha value is -2.35. The van der Waals surface area contributed by atoms with Crippen molar-refractivity contribution in [1.82, 2.24) is 15.5 Å². The highest BCUT2D eigenvalue weighted by Gasteiger charge is 2.38. The molecule has 0 bridgehead atoms. The van der Waals surface area contributed by atoms with Crippen molar-refractivity contribution in [1.29, 1.82) is 0 Å². The summed E-state index contributed by atoms with van der Waals surface area (Å²) < 4.78 is 38.6. The minimum absolute atomic E-state index is 0.277. The number of anilines is 1. The number of fused-ring (bicyclic) bond motifs is 1. The van der Waals surface area contributed by atoms with Crippen LogP contribution in [0.15, 0.2) is 24.3 Å². The van der Waals surface area contributed by atoms with E-state index in [2.05, 4.69) is 20.4 Å². The van der Waals surface area contributed by atoms with Crippen LogP contribution in [0, 0.1) is 6.92 Å². The molecule has 0 radical (unpaired) electrons. The topological polar surface area (TPSA) is 61.3 Å². The maximum absolute atomic E-state index is 12.9. The molecule has 0 unspecified atom stereocenters. The average Bonchev–Trinajstić information content (AvgIpc) is 3.17. The molecule has 0 saturated carbocycles. The zero-order chi connectivity index (χ0) is 18.5. The van der Waals surface area contributed by atoms with Crippen LogP contribution in [0.5, 0.6) is 5.75 Å². The molecule has 2 aliphatic rings. The number of alkyl halides is 3. The third-order valence-corrected chi connectivity index (χ3v) is 5.24. The van der Waals surface area contributed by atoms with E-state index in [4.69, 9.17) is 0 Å². The Kier molecular flexibility index (Phi) is 4.02. The Bertz CT molecular complexity index is 799. The SMILES string of the molecule is Cc1cc(C(F)(F)F)cc(O)c1-c1ccc(N2CC[C@@H]3NCC[C@@H]32)nn1. The fraction of sp³-hybridized carbons (Fsp3) is 0.444. The van der Waals surface area contributed by atoms with Crippen LogP contribution in [0.1, 0.15) is 24.0 Å². The standard InChI is InChI=1S/C18H19F3N4O/c1-10-8-11(18(19,20)21)9-15(26)17(10)13-2-3-16(24-23-13)25-7-5-12-14(25)4-6-22-12/h2-3,8-9,12,14,22,26H,4-7H2,1H3/t12-,14-/m0/s1. The molecule has 4 rings (SSSR count). The van der Waals surface area contributed by atoms with Gasteiger partial charge in [0.25, 0.3) is 0 Å². The molecule has 5 nitrogen and oxygen atoms in total. The molecule has 8 heteroatoms. The molecule has 2 saturated heterocycles. The number of aryl methyl sites for hydroxylation is 1. The lowest BCUT2D eigenvalue weighted by Crippen LogP contribution is -2.34. The summed E-state index contributed by atoms with van der Waals surface area (Å²) in [6, 6.07) is 6.16. The maximum atomic E-state index is 12.9. The molecule has 0 spiro atoms. The molecule has 1 aromatic carbocycles. The Morgan fingerprint density at radius 2 is 2.00 bits per heavy atom. The lowest BCUT2D eigenvalue weighted by molar-refractivity contribution is -0.137. The van der Waals surface area contributed by atoms with E-state index in [0.717, 1.165) is 43.9 Å². The summed E-state index contributed by atoms with van der Waals surface area (Å²) in [6.45, 7) is 3.42. The first-order valence-corrected chi connectivity index (χ1v) is 8.59. The summed E-state index contributed by atoms with van der Waals surface area (Å²) in [5, 5.41) is 22.0. The number of aromatic nitrogens is 2. The second-order valence-corrected chi connectivity index (χ2v) is 6.86. The van der Waals surface area contributed by atoms with Crippen molar-refractivity contribution in [3.05, 3.63) is 35.4 Å². The normalized spacial score (nSPS) is 22.7. The highest BCUT2D eigenvalue weighted by Crippen LogP contribution is 2.38. The van der Waals surface area contributed by atoms with Crippen molar-refractivity contribution in [2.75, 3.05) is 18.0 Å². The van der Waals surface area contributed by atoms with Gasteiger partial charge >= 0.3 is 6.18 Å². The molecule has 26 heavy (non-hydrogen) atoms. The second kappa shape index (κ2) is 6.12. The number of phenolic OH excluding ortho intramolecular Hbond substituents is 1. The first-order valence-electron chi connectivity index (χ1n) is 8.59. The second-order valence-electron chi connectivity index (χ2n) is 6.86. The van der Waals surface area contributed by atoms with Crippen molar-refractivity contribution in [3.63, 3.8) is 0 Å². The minimum Gasteiger partial charge on any atom is -0.507 e. The number of rotatable bonds is 2. The van der Waals surface area contributed by atoms with Gasteiger partial charge in [0.15, 0.2) is 5.82 Å². The van der Waals surface area contributed by atoms with Gasteiger partial charge in [-0.2, -0.15) is 13.2 Å². The molecule has 1 aromatic heterocycles. The van der Waals surface area contributed by atoms with E-state index in [1.165, 1.54) is 6.92 Å². The first kappa shape index (κ1) is 17.1. The minimum atomic E-state index is -4.50. The third-order valence-electron chi connectivity index (χ3n) is 5.24. The lowest BCUT2D eigenvalue weighted by atomic mass is 10.0. The fourth-order valence-corrected chi connectivity index (χ4v) is 4.03. The van der Waals surface area contributed by atoms with Crippen molar-refractivity contribution in [3.8, 4) is 17.0 Å². The van der Waals surface area contributed by atoms with Gasteiger partial charge < -0.3 is 15.3 Å². The van der Waals surface area contributed by atoms with Gasteiger partial charge in [-0.1, -0.05) is 0 Å². The number of aromatic hydroxyl groups is 1. The van der Waals surface area contributed by atoms with E-state index >= 15 is 0 Å². The van der Waals surface area contributed by atoms with E-state index < -0.39 is 17.5 Å². The Morgan fingerprint density at radius 3 is 2.65 bits per heavy atom. The van der Waals surface area contributed by atoms with E-state index in [-0.39, 0.29) is 5.56 Å². The molecular weight excluding hydrogens is 345 g/mol. The van der Waals surface area contributed by atoms with Gasteiger partial charge in [0.1, 0.15) is 5.75 Å². The number of halogens is 3. The number of hydrogen-bond acceptors (Lipinski definition) is 5. The monoisotopic (exact) mass is 364 g/mol. The number of hydrogen-bond donors (Lipinski definition) is 2. The van der Waals surface area contributed by atoms with Crippen LogP contribution >= 0.6 is 0 Å². The van der Waals surface area contributed by atoms with E-state index in [1.807, 2.05) is 6.07 Å². The van der Waals surface area contributed by atoms with Crippen LogP contribution in [-0.4, -0.2) is 40.5 Å². The van der Waals surface area contributed by atoms with Gasteiger partial charge in [-0.15, -0.1) is 10.2 Å². The molecule has 0 aliphatic carbocycles. The third kappa shape index (κ3) is 2.88. The zero-order valence-corrected chi connectivity index (χ0v) is 14.2. The largest absolute Gasteiger partial charge is 0.507 e. The number of nitrogens with one attached hydrogen (secondary N) is 1. The highest BCUT2D eigenvalue weighted by molar-refractivity contribution is 5.71. The molecule has 2 N–H and O–H groups in total. The molecule has 2 atom stereocenters. The van der Waals surface area contributed by atoms with Gasteiger partial charge in [0.2, 0.25) is 0 Å². The molecule has 3 heterocycles. The van der Waals surface area contributed by atoms with Crippen LogP contribution in [-0.2, 0) is 6.18 Å². The van der Waals surface area contributed by atoms with Gasteiger partial charge in [0.05, 0.1) is 11.3 Å². The molecular formula is C18H19F3N4O. The van der Waals surface area contributed by atoms with Crippen LogP contribution in [0.4, 0.5) is 19.0 Å². The number of nitrogens with zero attached hydrogens (tertiary/aromatic N) is 3. The summed E-state index contributed by atoms with van der Waals surface area (Å²) >= 11 is 0. The summed E-state index contributed by atoms with van der Waals surface area (Å²) in [4.78, 5) is 2.22. The number of phenols is 1. The van der Waals surface area contributed by atoms with E-state index in [9.17, 15) is 18.3 Å². The summed E-state index contributed by atoms with van der Waals surface area (Å²) in [5.74, 6) is 0.314. The predicted molar refractivity (Wildman–Crippen MR) is 91.0 cm³/mol. The molecule has 2 fully saturated rings. The molecule has 2 aliphatic heterocycles. The van der Waals surface area contributed by atoms with E-state index in [1.54, 1.807) is 6.07 Å². The fourth-order valence-electron chi connectivity index (χ4n) is 4.03. The zero-order valence-electron chi connectivity index (χ0n) is 14.2.